The monoisotopic (exact) mass is 1460 g/mol. The van der Waals surface area contributed by atoms with Crippen LogP contribution in [0.1, 0.15) is 159 Å². The van der Waals surface area contributed by atoms with Gasteiger partial charge in [0, 0.05) is 40.3 Å². The van der Waals surface area contributed by atoms with E-state index in [4.69, 9.17) is 63.3 Å². The van der Waals surface area contributed by atoms with Gasteiger partial charge < -0.3 is 59.4 Å². The Morgan fingerprint density at radius 1 is 0.333 bits per heavy atom. The molecule has 0 aromatic heterocycles. The molecule has 17 nitrogen and oxygen atoms in total. The third kappa shape index (κ3) is 54.4. The number of carboxylic acid groups (broad SMARTS) is 1. The minimum atomic E-state index is -3.85. The molecular formula is C53H113O17P7S7. The first kappa shape index (κ1) is 88.2. The first-order valence-electron chi connectivity index (χ1n) is 29.5. The quantitative estimate of drug-likeness (QED) is 0.0567. The second-order valence-corrected chi connectivity index (χ2v) is 46.8. The van der Waals surface area contributed by atoms with E-state index in [0.29, 0.717) is 129 Å². The van der Waals surface area contributed by atoms with Crippen molar-refractivity contribution in [2.75, 3.05) is 93.1 Å². The van der Waals surface area contributed by atoms with Crippen LogP contribution in [-0.2, 0) is 72.7 Å². The molecule has 0 aromatic rings. The first-order valence-corrected chi connectivity index (χ1v) is 49.2. The maximum absolute atomic E-state index is 15.0. The predicted octanol–water partition coefficient (Wildman–Crippen LogP) is 21.9. The van der Waals surface area contributed by atoms with E-state index >= 15 is 4.57 Å². The van der Waals surface area contributed by atoms with Gasteiger partial charge in [0.25, 0.3) is 0 Å². The van der Waals surface area contributed by atoms with E-state index < -0.39 is 76.5 Å². The van der Waals surface area contributed by atoms with E-state index in [1.54, 1.807) is 34.1 Å². The van der Waals surface area contributed by atoms with Gasteiger partial charge in [-0.15, -0.1) is 0 Å². The summed E-state index contributed by atoms with van der Waals surface area (Å²) in [5.74, 6) is 5.22. The second-order valence-electron chi connectivity index (χ2n) is 23.6. The van der Waals surface area contributed by atoms with Gasteiger partial charge >= 0.3 is 12.8 Å². The van der Waals surface area contributed by atoms with E-state index in [1.165, 1.54) is 34.1 Å². The van der Waals surface area contributed by atoms with Gasteiger partial charge in [-0.05, 0) is 100 Å². The van der Waals surface area contributed by atoms with E-state index in [-0.39, 0.29) is 36.2 Å². The lowest BCUT2D eigenvalue weighted by Gasteiger charge is -2.28. The Bertz CT molecular complexity index is 1510. The van der Waals surface area contributed by atoms with Crippen molar-refractivity contribution in [2.45, 2.75) is 195 Å². The summed E-state index contributed by atoms with van der Waals surface area (Å²) in [6, 6.07) is 0. The summed E-state index contributed by atoms with van der Waals surface area (Å²) in [4.78, 5) is 11.7. The van der Waals surface area contributed by atoms with Crippen molar-refractivity contribution < 1.29 is 77.8 Å². The van der Waals surface area contributed by atoms with Gasteiger partial charge in [-0.25, -0.2) is 4.57 Å². The minimum absolute atomic E-state index is 0.0647. The molecule has 0 aliphatic carbocycles. The molecule has 7 atom stereocenters. The van der Waals surface area contributed by atoms with Gasteiger partial charge in [0.05, 0.1) is 95.9 Å². The molecule has 0 fully saturated rings. The number of aliphatic carboxylic acids is 1. The largest absolute Gasteiger partial charge is 0.481 e. The highest BCUT2D eigenvalue weighted by Gasteiger charge is 2.34. The van der Waals surface area contributed by atoms with Gasteiger partial charge in [-0.2, -0.15) is 0 Å². The van der Waals surface area contributed by atoms with Crippen LogP contribution in [0.2, 0.25) is 0 Å². The van der Waals surface area contributed by atoms with Crippen molar-refractivity contribution in [1.29, 1.82) is 0 Å². The molecule has 0 radical (unpaired) electrons. The lowest BCUT2D eigenvalue weighted by Crippen LogP contribution is -2.17. The van der Waals surface area contributed by atoms with Gasteiger partial charge in [0.1, 0.15) is 0 Å². The highest BCUT2D eigenvalue weighted by atomic mass is 32.7. The van der Waals surface area contributed by atoms with Crippen molar-refractivity contribution in [1.82, 2.24) is 0 Å². The zero-order chi connectivity index (χ0) is 63.8. The number of hydrogen-bond donors (Lipinski definition) is 1. The van der Waals surface area contributed by atoms with Crippen LogP contribution in [0.25, 0.3) is 0 Å². The van der Waals surface area contributed by atoms with Crippen LogP contribution >= 0.6 is 132 Å². The Morgan fingerprint density at radius 3 is 0.786 bits per heavy atom. The zero-order valence-corrected chi connectivity index (χ0v) is 66.8. The Kier molecular flexibility index (Phi) is 56.0. The SMILES string of the molecule is CC(C)COP(OCC(C)C)SCC(C)OP(OC(C)CSP(OCC(C)C)OCC(C)C)SCC(C)OP(OC(C)CSP(=O)(OC(C)CSP(OCC(C)C)OCC(C)C)OC(C)CSP(OCC(C)C)OCC(C)C)SCCC(=O)O. The van der Waals surface area contributed by atoms with Gasteiger partial charge in [0.2, 0.25) is 45.5 Å². The molecule has 0 amide bonds. The van der Waals surface area contributed by atoms with Gasteiger partial charge in [-0.3, -0.25) is 13.8 Å². The van der Waals surface area contributed by atoms with E-state index in [9.17, 15) is 9.90 Å². The van der Waals surface area contributed by atoms with Crippen LogP contribution in [0, 0.1) is 47.3 Å². The fourth-order valence-electron chi connectivity index (χ4n) is 4.83. The van der Waals surface area contributed by atoms with Crippen LogP contribution in [0.15, 0.2) is 0 Å². The molecule has 0 saturated heterocycles. The standard InChI is InChI=1S/C53H113O17P7S7/c1-39(2)25-57-71(58-26-40(3)4)79-33-47(17)66-76(67-48(18)34-80-72(59-27-41(5)6)60-28-42(7)8)83-35-49(19)65-75(78-24-23-53(54)55)68-50(20)38-84-77(56,69-51(21)36-81-73(61-29-43(9)10)62-30-44(11)12)70-52(22)37-82-74(63-31-45(13)14)64-32-46(15)16/h39-52H,23-38H2,1-22H3,(H,54,55). The fraction of sp³-hybridized carbons (Fsp3) is 0.981. The lowest BCUT2D eigenvalue weighted by atomic mass is 10.2. The Morgan fingerprint density at radius 2 is 0.548 bits per heavy atom. The molecule has 0 spiro atoms. The van der Waals surface area contributed by atoms with Gasteiger partial charge in [0.15, 0.2) is 0 Å². The third-order valence-corrected chi connectivity index (χ3v) is 32.8. The first-order chi connectivity index (χ1) is 39.3. The number of carbonyl (C=O) groups is 1. The molecule has 84 heavy (non-hydrogen) atoms. The minimum Gasteiger partial charge on any atom is -0.481 e. The second kappa shape index (κ2) is 53.3. The highest BCUT2D eigenvalue weighted by molar-refractivity contribution is 8.55. The van der Waals surface area contributed by atoms with Crippen LogP contribution in [-0.4, -0.2) is 141 Å². The fourth-order valence-corrected chi connectivity index (χ4v) is 29.4. The summed E-state index contributed by atoms with van der Waals surface area (Å²) in [5.41, 5.74) is 0. The summed E-state index contributed by atoms with van der Waals surface area (Å²) in [6.07, 6.45) is -2.24. The molecule has 0 heterocycles. The van der Waals surface area contributed by atoms with Crippen LogP contribution in [0.4, 0.5) is 0 Å². The Labute approximate surface area is 547 Å². The molecule has 0 rings (SSSR count). The van der Waals surface area contributed by atoms with Crippen LogP contribution in [0.5, 0.6) is 0 Å². The van der Waals surface area contributed by atoms with Crippen LogP contribution in [0.3, 0.4) is 0 Å². The zero-order valence-electron chi connectivity index (χ0n) is 54.9. The molecule has 1 N–H and O–H groups in total. The lowest BCUT2D eigenvalue weighted by molar-refractivity contribution is -0.136. The van der Waals surface area contributed by atoms with E-state index in [0.717, 1.165) is 11.4 Å². The summed E-state index contributed by atoms with van der Waals surface area (Å²) in [7, 11) is -8.00. The Balaban J connectivity index is 6.54. The predicted molar refractivity (Wildman–Crippen MR) is 378 cm³/mol. The van der Waals surface area contributed by atoms with E-state index in [1.807, 2.05) is 27.7 Å². The summed E-state index contributed by atoms with van der Waals surface area (Å²) in [6.45, 7) is 46.5. The van der Waals surface area contributed by atoms with Crippen molar-refractivity contribution >= 4 is 138 Å². The number of carboxylic acids is 1. The van der Waals surface area contributed by atoms with Crippen molar-refractivity contribution in [3.63, 3.8) is 0 Å². The number of rotatable bonds is 58. The molecule has 0 aliphatic heterocycles. The highest BCUT2D eigenvalue weighted by Crippen LogP contribution is 2.65. The van der Waals surface area contributed by atoms with E-state index in [2.05, 4.69) is 125 Å². The topological polar surface area (TPSA) is 184 Å². The molecule has 0 aromatic carbocycles. The normalized spacial score (nSPS) is 16.5. The molecular weight excluding hydrogens is 1350 g/mol. The smallest absolute Gasteiger partial charge is 0.389 e. The maximum atomic E-state index is 15.0. The third-order valence-electron chi connectivity index (χ3n) is 8.84. The summed E-state index contributed by atoms with van der Waals surface area (Å²) >= 11 is 10.3. The average molecular weight is 1460 g/mol. The number of hydrogen-bond acceptors (Lipinski definition) is 23. The van der Waals surface area contributed by atoms with Gasteiger partial charge in [-0.1, -0.05) is 179 Å². The van der Waals surface area contributed by atoms with Crippen molar-refractivity contribution in [3.8, 4) is 0 Å². The van der Waals surface area contributed by atoms with Crippen molar-refractivity contribution in [3.05, 3.63) is 0 Å². The molecule has 504 valence electrons. The molecule has 0 saturated carbocycles. The Hall–Kier alpha value is 4.17. The van der Waals surface area contributed by atoms with Crippen LogP contribution < -0.4 is 0 Å². The average Bonchev–Trinajstić information content (AvgIpc) is 3.37. The molecule has 31 heteroatoms. The molecule has 0 bridgehead atoms. The maximum Gasteiger partial charge on any atom is 0.389 e. The molecule has 0 aliphatic rings. The summed E-state index contributed by atoms with van der Waals surface area (Å²) < 4.78 is 104. The summed E-state index contributed by atoms with van der Waals surface area (Å²) in [5, 5.41) is 9.62. The van der Waals surface area contributed by atoms with Crippen molar-refractivity contribution in [2.24, 2.45) is 47.3 Å². The molecule has 7 unspecified atom stereocenters.